The summed E-state index contributed by atoms with van der Waals surface area (Å²) in [6.45, 7) is 0. The first-order chi connectivity index (χ1) is 7.92. The van der Waals surface area contributed by atoms with Crippen LogP contribution in [0, 0.1) is 0 Å². The maximum Gasteiger partial charge on any atom is 0.147 e. The van der Waals surface area contributed by atoms with Crippen LogP contribution in [0.15, 0.2) is 24.3 Å². The van der Waals surface area contributed by atoms with E-state index in [2.05, 4.69) is 0 Å². The maximum atomic E-state index is 11.0. The van der Waals surface area contributed by atoms with Gasteiger partial charge in [-0.3, -0.25) is 0 Å². The van der Waals surface area contributed by atoms with E-state index in [1.807, 2.05) is 24.3 Å². The SMILES string of the molecule is COc1cccc(C(N)CCCS(C)(=O)=O)c1. The van der Waals surface area contributed by atoms with E-state index in [1.165, 1.54) is 6.26 Å². The predicted molar refractivity (Wildman–Crippen MR) is 68.9 cm³/mol. The summed E-state index contributed by atoms with van der Waals surface area (Å²) in [5, 5.41) is 0. The molecule has 96 valence electrons. The van der Waals surface area contributed by atoms with Crippen LogP contribution >= 0.6 is 0 Å². The Kier molecular flexibility index (Phi) is 4.96. The highest BCUT2D eigenvalue weighted by Crippen LogP contribution is 2.20. The summed E-state index contributed by atoms with van der Waals surface area (Å²) in [7, 11) is -1.29. The zero-order valence-electron chi connectivity index (χ0n) is 10.2. The number of hydrogen-bond acceptors (Lipinski definition) is 4. The van der Waals surface area contributed by atoms with Gasteiger partial charge in [0.1, 0.15) is 15.6 Å². The lowest BCUT2D eigenvalue weighted by Crippen LogP contribution is -2.12. The van der Waals surface area contributed by atoms with Crippen LogP contribution in [0.4, 0.5) is 0 Å². The van der Waals surface area contributed by atoms with Crippen molar-refractivity contribution in [2.45, 2.75) is 18.9 Å². The van der Waals surface area contributed by atoms with Gasteiger partial charge in [0.15, 0.2) is 0 Å². The van der Waals surface area contributed by atoms with Crippen molar-refractivity contribution < 1.29 is 13.2 Å². The summed E-state index contributed by atoms with van der Waals surface area (Å²) in [4.78, 5) is 0. The molecule has 0 saturated carbocycles. The van der Waals surface area contributed by atoms with E-state index in [0.29, 0.717) is 12.8 Å². The van der Waals surface area contributed by atoms with Crippen molar-refractivity contribution in [3.8, 4) is 5.75 Å². The minimum absolute atomic E-state index is 0.146. The largest absolute Gasteiger partial charge is 0.497 e. The first-order valence-electron chi connectivity index (χ1n) is 5.49. The molecule has 0 aromatic heterocycles. The Morgan fingerprint density at radius 3 is 2.71 bits per heavy atom. The molecule has 17 heavy (non-hydrogen) atoms. The van der Waals surface area contributed by atoms with Crippen molar-refractivity contribution in [1.82, 2.24) is 0 Å². The molecule has 0 aliphatic heterocycles. The number of nitrogens with two attached hydrogens (primary N) is 1. The predicted octanol–water partition coefficient (Wildman–Crippen LogP) is 1.52. The molecule has 4 nitrogen and oxygen atoms in total. The maximum absolute atomic E-state index is 11.0. The molecule has 0 heterocycles. The summed E-state index contributed by atoms with van der Waals surface area (Å²) in [5.41, 5.74) is 6.97. The van der Waals surface area contributed by atoms with E-state index in [0.717, 1.165) is 11.3 Å². The highest BCUT2D eigenvalue weighted by atomic mass is 32.2. The molecule has 1 aromatic carbocycles. The molecule has 0 aliphatic carbocycles. The van der Waals surface area contributed by atoms with Gasteiger partial charge in [-0.05, 0) is 30.5 Å². The minimum atomic E-state index is -2.90. The van der Waals surface area contributed by atoms with Gasteiger partial charge >= 0.3 is 0 Å². The van der Waals surface area contributed by atoms with Crippen molar-refractivity contribution in [2.24, 2.45) is 5.73 Å². The molecule has 0 radical (unpaired) electrons. The molecule has 0 spiro atoms. The van der Waals surface area contributed by atoms with Crippen LogP contribution < -0.4 is 10.5 Å². The Morgan fingerprint density at radius 2 is 2.12 bits per heavy atom. The number of rotatable bonds is 6. The molecule has 0 fully saturated rings. The van der Waals surface area contributed by atoms with Crippen LogP contribution in [-0.2, 0) is 9.84 Å². The fraction of sp³-hybridized carbons (Fsp3) is 0.500. The van der Waals surface area contributed by atoms with Crippen molar-refractivity contribution in [1.29, 1.82) is 0 Å². The lowest BCUT2D eigenvalue weighted by molar-refractivity contribution is 0.413. The lowest BCUT2D eigenvalue weighted by atomic mass is 10.0. The van der Waals surface area contributed by atoms with Crippen molar-refractivity contribution in [3.05, 3.63) is 29.8 Å². The smallest absolute Gasteiger partial charge is 0.147 e. The Labute approximate surface area is 103 Å². The number of sulfone groups is 1. The van der Waals surface area contributed by atoms with Gasteiger partial charge in [0.05, 0.1) is 7.11 Å². The van der Waals surface area contributed by atoms with Crippen LogP contribution in [0.1, 0.15) is 24.4 Å². The van der Waals surface area contributed by atoms with Gasteiger partial charge in [-0.15, -0.1) is 0 Å². The Hall–Kier alpha value is -1.07. The Bertz CT molecular complexity index is 457. The number of ether oxygens (including phenoxy) is 1. The zero-order valence-corrected chi connectivity index (χ0v) is 11.0. The van der Waals surface area contributed by atoms with Gasteiger partial charge in [0.25, 0.3) is 0 Å². The van der Waals surface area contributed by atoms with Crippen LogP contribution in [0.25, 0.3) is 0 Å². The Balaban J connectivity index is 2.54. The lowest BCUT2D eigenvalue weighted by Gasteiger charge is -2.12. The van der Waals surface area contributed by atoms with Gasteiger partial charge < -0.3 is 10.5 Å². The molecule has 0 saturated heterocycles. The molecule has 0 aliphatic rings. The van der Waals surface area contributed by atoms with Crippen molar-refractivity contribution in [3.63, 3.8) is 0 Å². The van der Waals surface area contributed by atoms with Gasteiger partial charge in [-0.25, -0.2) is 8.42 Å². The van der Waals surface area contributed by atoms with E-state index in [1.54, 1.807) is 7.11 Å². The van der Waals surface area contributed by atoms with Crippen LogP contribution in [0.2, 0.25) is 0 Å². The third-order valence-corrected chi connectivity index (χ3v) is 3.58. The van der Waals surface area contributed by atoms with E-state index >= 15 is 0 Å². The second-order valence-corrected chi connectivity index (χ2v) is 6.41. The molecule has 5 heteroatoms. The quantitative estimate of drug-likeness (QED) is 0.839. The summed E-state index contributed by atoms with van der Waals surface area (Å²) < 4.78 is 27.1. The van der Waals surface area contributed by atoms with Gasteiger partial charge in [-0.1, -0.05) is 12.1 Å². The van der Waals surface area contributed by atoms with E-state index in [4.69, 9.17) is 10.5 Å². The first kappa shape index (κ1) is 14.0. The molecule has 1 unspecified atom stereocenters. The summed E-state index contributed by atoms with van der Waals surface area (Å²) in [6, 6.07) is 7.39. The normalized spacial score (nSPS) is 13.4. The molecule has 2 N–H and O–H groups in total. The van der Waals surface area contributed by atoms with E-state index in [-0.39, 0.29) is 11.8 Å². The monoisotopic (exact) mass is 257 g/mol. The molecule has 1 aromatic rings. The summed E-state index contributed by atoms with van der Waals surface area (Å²) in [5.74, 6) is 0.950. The van der Waals surface area contributed by atoms with E-state index < -0.39 is 9.84 Å². The third kappa shape index (κ3) is 5.19. The van der Waals surface area contributed by atoms with Crippen molar-refractivity contribution in [2.75, 3.05) is 19.1 Å². The average Bonchev–Trinajstić information content (AvgIpc) is 2.27. The minimum Gasteiger partial charge on any atom is -0.497 e. The molecule has 0 amide bonds. The fourth-order valence-corrected chi connectivity index (χ4v) is 2.30. The topological polar surface area (TPSA) is 69.4 Å². The summed E-state index contributed by atoms with van der Waals surface area (Å²) >= 11 is 0. The standard InChI is InChI=1S/C12H19NO3S/c1-16-11-6-3-5-10(9-11)12(13)7-4-8-17(2,14)15/h3,5-6,9,12H,4,7-8,13H2,1-2H3. The second-order valence-electron chi connectivity index (χ2n) is 4.16. The average molecular weight is 257 g/mol. The molecule has 0 bridgehead atoms. The first-order valence-corrected chi connectivity index (χ1v) is 7.55. The second kappa shape index (κ2) is 6.02. The van der Waals surface area contributed by atoms with Gasteiger partial charge in [-0.2, -0.15) is 0 Å². The molecular formula is C12H19NO3S. The highest BCUT2D eigenvalue weighted by Gasteiger charge is 2.09. The highest BCUT2D eigenvalue weighted by molar-refractivity contribution is 7.90. The molecular weight excluding hydrogens is 238 g/mol. The van der Waals surface area contributed by atoms with E-state index in [9.17, 15) is 8.42 Å². The molecule has 1 rings (SSSR count). The van der Waals surface area contributed by atoms with Gasteiger partial charge in [0.2, 0.25) is 0 Å². The van der Waals surface area contributed by atoms with Crippen LogP contribution in [0.5, 0.6) is 5.75 Å². The number of benzene rings is 1. The van der Waals surface area contributed by atoms with Crippen LogP contribution in [-0.4, -0.2) is 27.5 Å². The Morgan fingerprint density at radius 1 is 1.41 bits per heavy atom. The number of methoxy groups -OCH3 is 1. The summed E-state index contributed by atoms with van der Waals surface area (Å²) in [6.07, 6.45) is 2.47. The number of hydrogen-bond donors (Lipinski definition) is 1. The zero-order chi connectivity index (χ0) is 12.9. The fourth-order valence-electron chi connectivity index (χ4n) is 1.60. The molecule has 1 atom stereocenters. The van der Waals surface area contributed by atoms with Crippen molar-refractivity contribution >= 4 is 9.84 Å². The third-order valence-electron chi connectivity index (χ3n) is 2.55. The van der Waals surface area contributed by atoms with Crippen LogP contribution in [0.3, 0.4) is 0 Å². The van der Waals surface area contributed by atoms with Gasteiger partial charge in [0, 0.05) is 18.1 Å².